The van der Waals surface area contributed by atoms with Gasteiger partial charge in [-0.25, -0.2) is 4.79 Å². The molecule has 7 nitrogen and oxygen atoms in total. The molecule has 2 heterocycles. The fraction of sp³-hybridized carbons (Fsp3) is 0.304. The Bertz CT molecular complexity index is 1110. The lowest BCUT2D eigenvalue weighted by Crippen LogP contribution is -3.11. The molecular weight excluding hydrogens is 386 g/mol. The summed E-state index contributed by atoms with van der Waals surface area (Å²) >= 11 is 0. The van der Waals surface area contributed by atoms with Crippen LogP contribution >= 0.6 is 0 Å². The zero-order chi connectivity index (χ0) is 21.1. The standard InChI is InChI=1S/C23H23NO6/c1-28-23(27)15-5-7-16(8-6-15)30-20-14-29-22-17(21(20)26)9-10-19(25)18(22)13-24-11-3-2-4-12-24/h5-10,14,25H,2-4,11-13H2,1H3/p+1. The number of hydrogen-bond acceptors (Lipinski definition) is 6. The molecule has 1 fully saturated rings. The Hall–Kier alpha value is -3.32. The monoisotopic (exact) mass is 410 g/mol. The lowest BCUT2D eigenvalue weighted by atomic mass is 10.1. The first-order chi connectivity index (χ1) is 14.6. The van der Waals surface area contributed by atoms with Crippen molar-refractivity contribution in [2.75, 3.05) is 20.2 Å². The van der Waals surface area contributed by atoms with Crippen molar-refractivity contribution in [3.8, 4) is 17.2 Å². The van der Waals surface area contributed by atoms with Gasteiger partial charge in [0.15, 0.2) is 5.58 Å². The van der Waals surface area contributed by atoms with E-state index in [-0.39, 0.29) is 16.9 Å². The van der Waals surface area contributed by atoms with Gasteiger partial charge in [-0.2, -0.15) is 0 Å². The van der Waals surface area contributed by atoms with E-state index in [0.717, 1.165) is 25.9 Å². The Morgan fingerprint density at radius 2 is 1.83 bits per heavy atom. The highest BCUT2D eigenvalue weighted by molar-refractivity contribution is 5.89. The first kappa shape index (κ1) is 20.0. The minimum Gasteiger partial charge on any atom is -0.507 e. The van der Waals surface area contributed by atoms with Gasteiger partial charge >= 0.3 is 5.97 Å². The molecule has 1 saturated heterocycles. The van der Waals surface area contributed by atoms with Gasteiger partial charge in [-0.05, 0) is 55.7 Å². The number of phenolic OH excluding ortho intramolecular Hbond substituents is 1. The smallest absolute Gasteiger partial charge is 0.337 e. The number of carbonyl (C=O) groups excluding carboxylic acids is 1. The van der Waals surface area contributed by atoms with Crippen LogP contribution in [0, 0.1) is 0 Å². The van der Waals surface area contributed by atoms with E-state index >= 15 is 0 Å². The van der Waals surface area contributed by atoms with Gasteiger partial charge in [0.25, 0.3) is 0 Å². The molecule has 0 radical (unpaired) electrons. The van der Waals surface area contributed by atoms with Gasteiger partial charge in [0.1, 0.15) is 24.3 Å². The summed E-state index contributed by atoms with van der Waals surface area (Å²) < 4.78 is 16.1. The Balaban J connectivity index is 1.63. The fourth-order valence-electron chi connectivity index (χ4n) is 3.85. The lowest BCUT2D eigenvalue weighted by molar-refractivity contribution is -0.918. The summed E-state index contributed by atoms with van der Waals surface area (Å²) in [5.74, 6) is 0.118. The van der Waals surface area contributed by atoms with Gasteiger partial charge in [-0.1, -0.05) is 0 Å². The molecule has 0 saturated carbocycles. The summed E-state index contributed by atoms with van der Waals surface area (Å²) in [6.07, 6.45) is 4.84. The molecule has 0 spiro atoms. The van der Waals surface area contributed by atoms with E-state index in [1.807, 2.05) is 0 Å². The fourth-order valence-corrected chi connectivity index (χ4v) is 3.85. The van der Waals surface area contributed by atoms with E-state index in [9.17, 15) is 14.7 Å². The highest BCUT2D eigenvalue weighted by Gasteiger charge is 2.21. The molecule has 3 aromatic rings. The first-order valence-corrected chi connectivity index (χ1v) is 10.0. The SMILES string of the molecule is COC(=O)c1ccc(Oc2coc3c(C[NH+]4CCCCC4)c(O)ccc3c2=O)cc1. The molecule has 156 valence electrons. The molecule has 1 aliphatic heterocycles. The molecule has 7 heteroatoms. The third-order valence-electron chi connectivity index (χ3n) is 5.48. The van der Waals surface area contributed by atoms with Crippen LogP contribution in [-0.4, -0.2) is 31.3 Å². The molecule has 1 aliphatic rings. The van der Waals surface area contributed by atoms with E-state index in [4.69, 9.17) is 9.15 Å². The Morgan fingerprint density at radius 1 is 1.10 bits per heavy atom. The van der Waals surface area contributed by atoms with Crippen molar-refractivity contribution in [3.05, 3.63) is 64.0 Å². The van der Waals surface area contributed by atoms with E-state index in [0.29, 0.717) is 34.4 Å². The second-order valence-corrected chi connectivity index (χ2v) is 7.47. The van der Waals surface area contributed by atoms with E-state index in [1.54, 1.807) is 30.3 Å². The van der Waals surface area contributed by atoms with Crippen LogP contribution in [0.5, 0.6) is 17.2 Å². The first-order valence-electron chi connectivity index (χ1n) is 10.0. The highest BCUT2D eigenvalue weighted by Crippen LogP contribution is 2.28. The van der Waals surface area contributed by atoms with Gasteiger partial charge in [-0.15, -0.1) is 0 Å². The molecule has 0 amide bonds. The number of carbonyl (C=O) groups is 1. The summed E-state index contributed by atoms with van der Waals surface area (Å²) in [5, 5.41) is 10.7. The number of nitrogens with one attached hydrogen (secondary N) is 1. The Kier molecular flexibility index (Phi) is 5.72. The molecule has 0 unspecified atom stereocenters. The number of hydrogen-bond donors (Lipinski definition) is 2. The molecular formula is C23H24NO6+. The average Bonchev–Trinajstić information content (AvgIpc) is 2.78. The minimum atomic E-state index is -0.449. The van der Waals surface area contributed by atoms with E-state index in [2.05, 4.69) is 4.74 Å². The van der Waals surface area contributed by atoms with Crippen molar-refractivity contribution in [3.63, 3.8) is 0 Å². The van der Waals surface area contributed by atoms with Crippen LogP contribution in [0.15, 0.2) is 51.9 Å². The number of ether oxygens (including phenoxy) is 2. The zero-order valence-corrected chi connectivity index (χ0v) is 16.8. The van der Waals surface area contributed by atoms with Crippen molar-refractivity contribution in [2.24, 2.45) is 0 Å². The number of benzene rings is 2. The third-order valence-corrected chi connectivity index (χ3v) is 5.48. The Labute approximate surface area is 173 Å². The summed E-state index contributed by atoms with van der Waals surface area (Å²) in [7, 11) is 1.31. The molecule has 0 atom stereocenters. The number of piperidine rings is 1. The molecule has 4 rings (SSSR count). The summed E-state index contributed by atoms with van der Waals surface area (Å²) in [6.45, 7) is 2.70. The van der Waals surface area contributed by atoms with Crippen molar-refractivity contribution in [1.29, 1.82) is 0 Å². The third kappa shape index (κ3) is 4.02. The Morgan fingerprint density at radius 3 is 2.53 bits per heavy atom. The number of likely N-dealkylation sites (tertiary alicyclic amines) is 1. The van der Waals surface area contributed by atoms with E-state index < -0.39 is 5.97 Å². The summed E-state index contributed by atoms with van der Waals surface area (Å²) in [6, 6.07) is 9.37. The van der Waals surface area contributed by atoms with E-state index in [1.165, 1.54) is 30.8 Å². The second-order valence-electron chi connectivity index (χ2n) is 7.47. The number of phenols is 1. The van der Waals surface area contributed by atoms with Crippen LogP contribution in [0.2, 0.25) is 0 Å². The topological polar surface area (TPSA) is 90.4 Å². The highest BCUT2D eigenvalue weighted by atomic mass is 16.5. The van der Waals surface area contributed by atoms with Gasteiger partial charge in [0.05, 0.1) is 36.7 Å². The second kappa shape index (κ2) is 8.59. The van der Waals surface area contributed by atoms with Gasteiger partial charge < -0.3 is 23.9 Å². The molecule has 2 aromatic carbocycles. The van der Waals surface area contributed by atoms with Crippen LogP contribution in [0.3, 0.4) is 0 Å². The van der Waals surface area contributed by atoms with Gasteiger partial charge in [-0.3, -0.25) is 4.79 Å². The van der Waals surface area contributed by atoms with Crippen LogP contribution in [0.25, 0.3) is 11.0 Å². The number of methoxy groups -OCH3 is 1. The maximum absolute atomic E-state index is 13.0. The summed E-state index contributed by atoms with van der Waals surface area (Å²) in [5.41, 5.74) is 1.11. The molecule has 1 aromatic heterocycles. The van der Waals surface area contributed by atoms with Crippen LogP contribution in [0.1, 0.15) is 35.2 Å². The maximum Gasteiger partial charge on any atom is 0.337 e. The number of aromatic hydroxyl groups is 1. The molecule has 30 heavy (non-hydrogen) atoms. The van der Waals surface area contributed by atoms with Crippen molar-refractivity contribution in [2.45, 2.75) is 25.8 Å². The normalized spacial score (nSPS) is 14.6. The average molecular weight is 410 g/mol. The zero-order valence-electron chi connectivity index (χ0n) is 16.8. The predicted molar refractivity (Wildman–Crippen MR) is 110 cm³/mol. The molecule has 0 aliphatic carbocycles. The van der Waals surface area contributed by atoms with Crippen LogP contribution in [-0.2, 0) is 11.3 Å². The predicted octanol–water partition coefficient (Wildman–Crippen LogP) is 2.65. The van der Waals surface area contributed by atoms with Crippen molar-refractivity contribution in [1.82, 2.24) is 0 Å². The van der Waals surface area contributed by atoms with Crippen molar-refractivity contribution >= 4 is 16.9 Å². The van der Waals surface area contributed by atoms with Gasteiger partial charge in [0.2, 0.25) is 11.2 Å². The number of rotatable bonds is 5. The molecule has 0 bridgehead atoms. The summed E-state index contributed by atoms with van der Waals surface area (Å²) in [4.78, 5) is 25.9. The van der Waals surface area contributed by atoms with Crippen LogP contribution < -0.4 is 15.1 Å². The molecule has 2 N–H and O–H groups in total. The van der Waals surface area contributed by atoms with Crippen LogP contribution in [0.4, 0.5) is 0 Å². The lowest BCUT2D eigenvalue weighted by Gasteiger charge is -2.24. The number of quaternary nitrogens is 1. The van der Waals surface area contributed by atoms with Gasteiger partial charge in [0, 0.05) is 0 Å². The minimum absolute atomic E-state index is 0.0373. The quantitative estimate of drug-likeness (QED) is 0.629. The maximum atomic E-state index is 13.0. The number of fused-ring (bicyclic) bond motifs is 1. The van der Waals surface area contributed by atoms with Crippen molar-refractivity contribution < 1.29 is 28.7 Å². The number of esters is 1. The largest absolute Gasteiger partial charge is 0.507 e.